The zero-order valence-corrected chi connectivity index (χ0v) is 9.93. The maximum Gasteiger partial charge on any atom is 0.159 e. The number of anilines is 1. The second-order valence-electron chi connectivity index (χ2n) is 3.40. The van der Waals surface area contributed by atoms with Gasteiger partial charge >= 0.3 is 0 Å². The summed E-state index contributed by atoms with van der Waals surface area (Å²) in [5.74, 6) is 0.418. The fourth-order valence-corrected chi connectivity index (χ4v) is 1.29. The molecule has 0 saturated heterocycles. The number of aromatic nitrogens is 2. The van der Waals surface area contributed by atoms with E-state index < -0.39 is 0 Å². The van der Waals surface area contributed by atoms with Gasteiger partial charge in [0.15, 0.2) is 5.82 Å². The predicted octanol–water partition coefficient (Wildman–Crippen LogP) is -0.166. The van der Waals surface area contributed by atoms with Gasteiger partial charge in [0.1, 0.15) is 5.84 Å². The smallest absolute Gasteiger partial charge is 0.159 e. The van der Waals surface area contributed by atoms with Crippen molar-refractivity contribution in [2.45, 2.75) is 6.10 Å². The molecule has 0 aliphatic rings. The Bertz CT molecular complexity index is 371. The summed E-state index contributed by atoms with van der Waals surface area (Å²) in [5.41, 5.74) is 5.95. The maximum absolute atomic E-state index is 7.40. The van der Waals surface area contributed by atoms with Crippen LogP contribution in [0.2, 0.25) is 0 Å². The second-order valence-corrected chi connectivity index (χ2v) is 3.40. The molecular weight excluding hydrogens is 222 g/mol. The Balaban J connectivity index is 2.65. The van der Waals surface area contributed by atoms with E-state index in [1.54, 1.807) is 20.3 Å². The van der Waals surface area contributed by atoms with Crippen LogP contribution in [0.4, 0.5) is 5.82 Å². The Labute approximate surface area is 99.8 Å². The van der Waals surface area contributed by atoms with Gasteiger partial charge in [0.05, 0.1) is 24.5 Å². The van der Waals surface area contributed by atoms with Gasteiger partial charge in [0.25, 0.3) is 0 Å². The molecule has 0 fully saturated rings. The van der Waals surface area contributed by atoms with Crippen LogP contribution in [0.1, 0.15) is 5.56 Å². The number of hydrogen-bond acceptors (Lipinski definition) is 6. The Morgan fingerprint density at radius 3 is 2.94 bits per heavy atom. The minimum atomic E-state index is -0.0955. The number of ether oxygens (including phenoxy) is 2. The van der Waals surface area contributed by atoms with Gasteiger partial charge in [-0.3, -0.25) is 5.41 Å². The summed E-state index contributed by atoms with van der Waals surface area (Å²) >= 11 is 0. The number of nitrogens with zero attached hydrogens (tertiary/aromatic N) is 2. The normalized spacial score (nSPS) is 12.1. The molecule has 0 bridgehead atoms. The molecule has 0 aliphatic carbocycles. The van der Waals surface area contributed by atoms with E-state index in [0.717, 1.165) is 0 Å². The van der Waals surface area contributed by atoms with E-state index in [9.17, 15) is 0 Å². The summed E-state index contributed by atoms with van der Waals surface area (Å²) in [6.07, 6.45) is 1.40. The van der Waals surface area contributed by atoms with Crippen molar-refractivity contribution in [2.75, 3.05) is 32.7 Å². The van der Waals surface area contributed by atoms with Gasteiger partial charge in [-0.1, -0.05) is 0 Å². The van der Waals surface area contributed by atoms with E-state index in [1.807, 2.05) is 0 Å². The van der Waals surface area contributed by atoms with Crippen LogP contribution in [-0.2, 0) is 9.47 Å². The van der Waals surface area contributed by atoms with Gasteiger partial charge in [0.2, 0.25) is 0 Å². The largest absolute Gasteiger partial charge is 0.384 e. The topological polar surface area (TPSA) is 106 Å². The molecule has 7 heteroatoms. The lowest BCUT2D eigenvalue weighted by atomic mass is 10.2. The quantitative estimate of drug-likeness (QED) is 0.450. The first-order valence-electron chi connectivity index (χ1n) is 5.10. The van der Waals surface area contributed by atoms with Crippen molar-refractivity contribution in [3.63, 3.8) is 0 Å². The van der Waals surface area contributed by atoms with Crippen molar-refractivity contribution in [2.24, 2.45) is 5.73 Å². The van der Waals surface area contributed by atoms with Crippen molar-refractivity contribution in [3.05, 3.63) is 17.8 Å². The van der Waals surface area contributed by atoms with Crippen LogP contribution >= 0.6 is 0 Å². The molecular formula is C10H17N5O2. The number of nitrogens with one attached hydrogen (secondary N) is 2. The molecule has 0 aliphatic heterocycles. The number of nitrogen functional groups attached to an aromatic ring is 1. The van der Waals surface area contributed by atoms with Crippen LogP contribution < -0.4 is 11.1 Å². The lowest BCUT2D eigenvalue weighted by Gasteiger charge is -2.16. The molecule has 1 unspecified atom stereocenters. The number of rotatable bonds is 7. The van der Waals surface area contributed by atoms with Gasteiger partial charge in [-0.05, 0) is 6.07 Å². The highest BCUT2D eigenvalue weighted by molar-refractivity contribution is 5.99. The zero-order chi connectivity index (χ0) is 12.7. The third kappa shape index (κ3) is 3.97. The predicted molar refractivity (Wildman–Crippen MR) is 64.2 cm³/mol. The molecule has 1 aromatic rings. The van der Waals surface area contributed by atoms with E-state index in [1.165, 1.54) is 6.20 Å². The van der Waals surface area contributed by atoms with Crippen LogP contribution in [0.5, 0.6) is 0 Å². The van der Waals surface area contributed by atoms with Crippen LogP contribution in [0.3, 0.4) is 0 Å². The van der Waals surface area contributed by atoms with Crippen LogP contribution in [-0.4, -0.2) is 49.5 Å². The van der Waals surface area contributed by atoms with Crippen molar-refractivity contribution in [3.8, 4) is 0 Å². The Hall–Kier alpha value is -1.73. The van der Waals surface area contributed by atoms with Crippen molar-refractivity contribution < 1.29 is 9.47 Å². The van der Waals surface area contributed by atoms with Gasteiger partial charge in [-0.25, -0.2) is 0 Å². The number of hydrogen-bond donors (Lipinski definition) is 3. The molecule has 1 atom stereocenters. The van der Waals surface area contributed by atoms with Gasteiger partial charge in [-0.2, -0.15) is 5.10 Å². The lowest BCUT2D eigenvalue weighted by molar-refractivity contribution is 0.0365. The highest BCUT2D eigenvalue weighted by Crippen LogP contribution is 2.09. The van der Waals surface area contributed by atoms with E-state index in [-0.39, 0.29) is 11.9 Å². The molecule has 0 amide bonds. The number of amidine groups is 1. The van der Waals surface area contributed by atoms with Crippen molar-refractivity contribution in [1.29, 1.82) is 5.41 Å². The molecule has 0 aromatic carbocycles. The summed E-state index contributed by atoms with van der Waals surface area (Å²) in [6, 6.07) is 1.63. The molecule has 0 saturated carbocycles. The molecule has 94 valence electrons. The lowest BCUT2D eigenvalue weighted by Crippen LogP contribution is -2.28. The average Bonchev–Trinajstić information content (AvgIpc) is 2.34. The summed E-state index contributed by atoms with van der Waals surface area (Å²) < 4.78 is 10.2. The molecule has 0 spiro atoms. The zero-order valence-electron chi connectivity index (χ0n) is 9.93. The van der Waals surface area contributed by atoms with E-state index in [0.29, 0.717) is 24.5 Å². The van der Waals surface area contributed by atoms with Crippen molar-refractivity contribution in [1.82, 2.24) is 10.2 Å². The van der Waals surface area contributed by atoms with Gasteiger partial charge < -0.3 is 20.5 Å². The minimum Gasteiger partial charge on any atom is -0.384 e. The fraction of sp³-hybridized carbons (Fsp3) is 0.500. The summed E-state index contributed by atoms with van der Waals surface area (Å²) in [5, 5.41) is 18.1. The van der Waals surface area contributed by atoms with E-state index in [4.69, 9.17) is 20.6 Å². The SMILES string of the molecule is COCC(CNc1nnccc1C(=N)N)OC. The number of methoxy groups -OCH3 is 2. The van der Waals surface area contributed by atoms with Gasteiger partial charge in [-0.15, -0.1) is 5.10 Å². The highest BCUT2D eigenvalue weighted by Gasteiger charge is 2.10. The first-order chi connectivity index (χ1) is 8.19. The van der Waals surface area contributed by atoms with E-state index >= 15 is 0 Å². The highest BCUT2D eigenvalue weighted by atomic mass is 16.5. The third-order valence-electron chi connectivity index (χ3n) is 2.19. The van der Waals surface area contributed by atoms with Gasteiger partial charge in [0, 0.05) is 20.8 Å². The van der Waals surface area contributed by atoms with Crippen molar-refractivity contribution >= 4 is 11.7 Å². The molecule has 1 heterocycles. The summed E-state index contributed by atoms with van der Waals surface area (Å²) in [6.45, 7) is 0.975. The molecule has 7 nitrogen and oxygen atoms in total. The summed E-state index contributed by atoms with van der Waals surface area (Å²) in [7, 11) is 3.21. The fourth-order valence-electron chi connectivity index (χ4n) is 1.29. The van der Waals surface area contributed by atoms with Crippen LogP contribution in [0, 0.1) is 5.41 Å². The molecule has 1 rings (SSSR count). The average molecular weight is 239 g/mol. The standard InChI is InChI=1S/C10H17N5O2/c1-16-6-7(17-2)5-13-10-8(9(11)12)3-4-14-15-10/h3-4,7H,5-6H2,1-2H3,(H3,11,12)(H,13,15). The summed E-state index contributed by atoms with van der Waals surface area (Å²) in [4.78, 5) is 0. The first-order valence-corrected chi connectivity index (χ1v) is 5.10. The number of nitrogens with two attached hydrogens (primary N) is 1. The monoisotopic (exact) mass is 239 g/mol. The Morgan fingerprint density at radius 2 is 2.35 bits per heavy atom. The molecule has 4 N–H and O–H groups in total. The second kappa shape index (κ2) is 6.77. The Morgan fingerprint density at radius 1 is 1.59 bits per heavy atom. The van der Waals surface area contributed by atoms with E-state index in [2.05, 4.69) is 15.5 Å². The first kappa shape index (κ1) is 13.3. The van der Waals surface area contributed by atoms with Crippen LogP contribution in [0.15, 0.2) is 12.3 Å². The van der Waals surface area contributed by atoms with Crippen LogP contribution in [0.25, 0.3) is 0 Å². The third-order valence-corrected chi connectivity index (χ3v) is 2.19. The molecule has 17 heavy (non-hydrogen) atoms. The molecule has 0 radical (unpaired) electrons. The molecule has 1 aromatic heterocycles. The maximum atomic E-state index is 7.40. The Kier molecular flexibility index (Phi) is 5.31. The minimum absolute atomic E-state index is 0.0527.